The first-order valence-corrected chi connectivity index (χ1v) is 7.44. The van der Waals surface area contributed by atoms with Crippen LogP contribution < -0.4 is 5.73 Å². The SMILES string of the molecule is CN1CCCN(C2CCCCCC2CN)CC1. The third-order valence-corrected chi connectivity index (χ3v) is 4.64. The third kappa shape index (κ3) is 3.67. The van der Waals surface area contributed by atoms with Crippen LogP contribution in [0.3, 0.4) is 0 Å². The maximum atomic E-state index is 6.00. The van der Waals surface area contributed by atoms with Crippen molar-refractivity contribution in [3.8, 4) is 0 Å². The first-order chi connectivity index (χ1) is 8.31. The van der Waals surface area contributed by atoms with Crippen LogP contribution in [0, 0.1) is 5.92 Å². The van der Waals surface area contributed by atoms with Gasteiger partial charge in [0, 0.05) is 19.1 Å². The Hall–Kier alpha value is -0.120. The topological polar surface area (TPSA) is 32.5 Å². The van der Waals surface area contributed by atoms with Crippen molar-refractivity contribution in [2.24, 2.45) is 11.7 Å². The minimum atomic E-state index is 0.751. The van der Waals surface area contributed by atoms with E-state index in [2.05, 4.69) is 16.8 Å². The van der Waals surface area contributed by atoms with E-state index < -0.39 is 0 Å². The molecule has 2 atom stereocenters. The summed E-state index contributed by atoms with van der Waals surface area (Å²) in [5.41, 5.74) is 6.00. The Labute approximate surface area is 106 Å². The van der Waals surface area contributed by atoms with Gasteiger partial charge in [-0.25, -0.2) is 0 Å². The molecule has 0 aromatic rings. The van der Waals surface area contributed by atoms with E-state index in [1.807, 2.05) is 0 Å². The molecular formula is C14H29N3. The molecule has 1 aliphatic carbocycles. The van der Waals surface area contributed by atoms with Gasteiger partial charge in [0.2, 0.25) is 0 Å². The lowest BCUT2D eigenvalue weighted by Crippen LogP contribution is -2.44. The van der Waals surface area contributed by atoms with Crippen molar-refractivity contribution in [1.29, 1.82) is 0 Å². The second-order valence-electron chi connectivity index (χ2n) is 5.89. The summed E-state index contributed by atoms with van der Waals surface area (Å²) in [4.78, 5) is 5.21. The van der Waals surface area contributed by atoms with Gasteiger partial charge in [0.25, 0.3) is 0 Å². The molecule has 2 unspecified atom stereocenters. The molecule has 2 fully saturated rings. The molecule has 3 heteroatoms. The Bertz CT molecular complexity index is 220. The van der Waals surface area contributed by atoms with Crippen LogP contribution in [0.2, 0.25) is 0 Å². The predicted molar refractivity (Wildman–Crippen MR) is 73.1 cm³/mol. The van der Waals surface area contributed by atoms with Crippen molar-refractivity contribution in [1.82, 2.24) is 9.80 Å². The Morgan fingerprint density at radius 1 is 0.941 bits per heavy atom. The standard InChI is InChI=1S/C14H29N3/c1-16-8-5-9-17(11-10-16)14-7-4-2-3-6-13(14)12-15/h13-14H,2-12,15H2,1H3. The maximum absolute atomic E-state index is 6.00. The van der Waals surface area contributed by atoms with Crippen molar-refractivity contribution in [3.05, 3.63) is 0 Å². The fourth-order valence-electron chi connectivity index (χ4n) is 3.52. The van der Waals surface area contributed by atoms with Crippen LogP contribution in [0.15, 0.2) is 0 Å². The van der Waals surface area contributed by atoms with Gasteiger partial charge in [-0.3, -0.25) is 4.90 Å². The molecule has 0 aromatic carbocycles. The molecule has 1 heterocycles. The summed E-state index contributed by atoms with van der Waals surface area (Å²) in [5.74, 6) is 0.751. The van der Waals surface area contributed by atoms with Crippen LogP contribution in [0.1, 0.15) is 38.5 Å². The summed E-state index contributed by atoms with van der Waals surface area (Å²) >= 11 is 0. The average molecular weight is 239 g/mol. The van der Waals surface area contributed by atoms with Gasteiger partial charge >= 0.3 is 0 Å². The van der Waals surface area contributed by atoms with Crippen molar-refractivity contribution < 1.29 is 0 Å². The van der Waals surface area contributed by atoms with Gasteiger partial charge in [0.05, 0.1) is 0 Å². The number of hydrogen-bond acceptors (Lipinski definition) is 3. The molecular weight excluding hydrogens is 210 g/mol. The van der Waals surface area contributed by atoms with Gasteiger partial charge in [0.15, 0.2) is 0 Å². The Morgan fingerprint density at radius 2 is 1.76 bits per heavy atom. The molecule has 1 saturated carbocycles. The molecule has 2 aliphatic rings. The Morgan fingerprint density at radius 3 is 2.59 bits per heavy atom. The number of hydrogen-bond donors (Lipinski definition) is 1. The lowest BCUT2D eigenvalue weighted by molar-refractivity contribution is 0.140. The summed E-state index contributed by atoms with van der Waals surface area (Å²) in [6, 6.07) is 0.772. The minimum absolute atomic E-state index is 0.751. The number of likely N-dealkylation sites (N-methyl/N-ethyl adjacent to an activating group) is 1. The summed E-state index contributed by atoms with van der Waals surface area (Å²) in [5, 5.41) is 0. The summed E-state index contributed by atoms with van der Waals surface area (Å²) in [6.07, 6.45) is 8.28. The molecule has 2 rings (SSSR count). The molecule has 3 nitrogen and oxygen atoms in total. The van der Waals surface area contributed by atoms with E-state index in [1.54, 1.807) is 0 Å². The predicted octanol–water partition coefficient (Wildman–Crippen LogP) is 1.53. The lowest BCUT2D eigenvalue weighted by Gasteiger charge is -2.35. The second kappa shape index (κ2) is 6.72. The van der Waals surface area contributed by atoms with Crippen LogP contribution in [0.5, 0.6) is 0 Å². The zero-order chi connectivity index (χ0) is 12.1. The Balaban J connectivity index is 1.96. The van der Waals surface area contributed by atoms with Crippen molar-refractivity contribution >= 4 is 0 Å². The van der Waals surface area contributed by atoms with Crippen molar-refractivity contribution in [2.45, 2.75) is 44.6 Å². The molecule has 0 amide bonds. The van der Waals surface area contributed by atoms with Crippen LogP contribution in [0.25, 0.3) is 0 Å². The molecule has 17 heavy (non-hydrogen) atoms. The van der Waals surface area contributed by atoms with Crippen LogP contribution in [-0.2, 0) is 0 Å². The molecule has 1 saturated heterocycles. The second-order valence-corrected chi connectivity index (χ2v) is 5.89. The fourth-order valence-corrected chi connectivity index (χ4v) is 3.52. The van der Waals surface area contributed by atoms with Crippen LogP contribution in [0.4, 0.5) is 0 Å². The minimum Gasteiger partial charge on any atom is -0.330 e. The number of nitrogens with two attached hydrogens (primary N) is 1. The van der Waals surface area contributed by atoms with E-state index in [9.17, 15) is 0 Å². The third-order valence-electron chi connectivity index (χ3n) is 4.64. The average Bonchev–Trinajstić information content (AvgIpc) is 2.68. The first kappa shape index (κ1) is 13.3. The van der Waals surface area contributed by atoms with Gasteiger partial charge < -0.3 is 10.6 Å². The van der Waals surface area contributed by atoms with Crippen LogP contribution >= 0.6 is 0 Å². The molecule has 1 aliphatic heterocycles. The first-order valence-electron chi connectivity index (χ1n) is 7.44. The van der Waals surface area contributed by atoms with Gasteiger partial charge in [-0.1, -0.05) is 19.3 Å². The van der Waals surface area contributed by atoms with E-state index in [0.29, 0.717) is 0 Å². The highest BCUT2D eigenvalue weighted by Crippen LogP contribution is 2.27. The Kier molecular flexibility index (Phi) is 5.26. The molecule has 0 spiro atoms. The fraction of sp³-hybridized carbons (Fsp3) is 1.00. The van der Waals surface area contributed by atoms with E-state index in [-0.39, 0.29) is 0 Å². The normalized spacial score (nSPS) is 34.2. The highest BCUT2D eigenvalue weighted by Gasteiger charge is 2.28. The van der Waals surface area contributed by atoms with Crippen molar-refractivity contribution in [2.75, 3.05) is 39.8 Å². The summed E-state index contributed by atoms with van der Waals surface area (Å²) in [7, 11) is 2.25. The van der Waals surface area contributed by atoms with Gasteiger partial charge in [0.1, 0.15) is 0 Å². The smallest absolute Gasteiger partial charge is 0.0136 e. The monoisotopic (exact) mass is 239 g/mol. The van der Waals surface area contributed by atoms with E-state index in [0.717, 1.165) is 18.5 Å². The molecule has 0 aromatic heterocycles. The van der Waals surface area contributed by atoms with Gasteiger partial charge in [-0.05, 0) is 51.9 Å². The summed E-state index contributed by atoms with van der Waals surface area (Å²) in [6.45, 7) is 5.91. The van der Waals surface area contributed by atoms with Gasteiger partial charge in [-0.15, -0.1) is 0 Å². The molecule has 0 radical (unpaired) electrons. The summed E-state index contributed by atoms with van der Waals surface area (Å²) < 4.78 is 0. The quantitative estimate of drug-likeness (QED) is 0.742. The lowest BCUT2D eigenvalue weighted by atomic mass is 9.93. The van der Waals surface area contributed by atoms with Crippen molar-refractivity contribution in [3.63, 3.8) is 0 Å². The van der Waals surface area contributed by atoms with Gasteiger partial charge in [-0.2, -0.15) is 0 Å². The van der Waals surface area contributed by atoms with E-state index >= 15 is 0 Å². The van der Waals surface area contributed by atoms with Crippen LogP contribution in [-0.4, -0.2) is 55.6 Å². The highest BCUT2D eigenvalue weighted by molar-refractivity contribution is 4.84. The molecule has 2 N–H and O–H groups in total. The zero-order valence-corrected chi connectivity index (χ0v) is 11.4. The van der Waals surface area contributed by atoms with E-state index in [4.69, 9.17) is 5.73 Å². The molecule has 100 valence electrons. The maximum Gasteiger partial charge on any atom is 0.0136 e. The molecule has 0 bridgehead atoms. The highest BCUT2D eigenvalue weighted by atomic mass is 15.2. The number of rotatable bonds is 2. The number of nitrogens with zero attached hydrogens (tertiary/aromatic N) is 2. The largest absolute Gasteiger partial charge is 0.330 e. The van der Waals surface area contributed by atoms with E-state index in [1.165, 1.54) is 64.7 Å². The zero-order valence-electron chi connectivity index (χ0n) is 11.4.